The van der Waals surface area contributed by atoms with Crippen LogP contribution in [0.1, 0.15) is 39.5 Å². The van der Waals surface area contributed by atoms with E-state index in [0.29, 0.717) is 0 Å². The lowest BCUT2D eigenvalue weighted by atomic mass is 9.85. The van der Waals surface area contributed by atoms with Crippen LogP contribution < -0.4 is 0 Å². The molecule has 3 heteroatoms. The first-order valence-corrected chi connectivity index (χ1v) is 7.45. The number of allylic oxidation sites excluding steroid dienone is 2. The lowest BCUT2D eigenvalue weighted by Crippen LogP contribution is -2.44. The number of ether oxygens (including phenoxy) is 2. The van der Waals surface area contributed by atoms with Gasteiger partial charge in [0, 0.05) is 35.9 Å². The van der Waals surface area contributed by atoms with E-state index in [0.717, 1.165) is 24.2 Å². The molecule has 1 fully saturated rings. The fourth-order valence-corrected chi connectivity index (χ4v) is 4.04. The minimum absolute atomic E-state index is 0.191. The second-order valence-electron chi connectivity index (χ2n) is 6.37. The van der Waals surface area contributed by atoms with E-state index in [1.807, 2.05) is 0 Å². The van der Waals surface area contributed by atoms with E-state index in [4.69, 9.17) is 9.47 Å². The fourth-order valence-electron chi connectivity index (χ4n) is 3.71. The van der Waals surface area contributed by atoms with Crippen LogP contribution in [-0.2, 0) is 9.47 Å². The monoisotopic (exact) mass is 265 g/mol. The molecule has 0 aliphatic heterocycles. The Bertz CT molecular complexity index is 315. The molecule has 101 valence electrons. The lowest BCUT2D eigenvalue weighted by molar-refractivity contribution is -0.233. The number of hydrogen-bond donors (Lipinski definition) is 0. The molecule has 3 radical (unpaired) electrons. The highest BCUT2D eigenvalue weighted by molar-refractivity contribution is 6.15. The van der Waals surface area contributed by atoms with Gasteiger partial charge in [0.1, 0.15) is 0 Å². The maximum atomic E-state index is 5.70. The molecule has 0 heterocycles. The minimum atomic E-state index is -0.532. The van der Waals surface area contributed by atoms with E-state index in [1.165, 1.54) is 19.3 Å². The summed E-state index contributed by atoms with van der Waals surface area (Å²) in [6, 6.07) is 0. The fraction of sp³-hybridized carbons (Fsp3) is 0.867. The van der Waals surface area contributed by atoms with Gasteiger partial charge in [-0.15, -0.1) is 0 Å². The van der Waals surface area contributed by atoms with Gasteiger partial charge in [0.05, 0.1) is 0 Å². The third kappa shape index (κ3) is 2.45. The summed E-state index contributed by atoms with van der Waals surface area (Å²) in [6.07, 6.45) is 9.66. The van der Waals surface area contributed by atoms with Crippen LogP contribution in [0.4, 0.5) is 0 Å². The molecule has 0 N–H and O–H groups in total. The third-order valence-corrected chi connectivity index (χ3v) is 5.25. The molecule has 2 aliphatic carbocycles. The minimum Gasteiger partial charge on any atom is -0.353 e. The molecule has 0 amide bonds. The quantitative estimate of drug-likeness (QED) is 0.417. The molecule has 1 saturated carbocycles. The van der Waals surface area contributed by atoms with Crippen molar-refractivity contribution in [2.24, 2.45) is 17.8 Å². The molecular weight excluding hydrogens is 240 g/mol. The van der Waals surface area contributed by atoms with E-state index in [1.54, 1.807) is 14.2 Å². The van der Waals surface area contributed by atoms with Gasteiger partial charge < -0.3 is 9.47 Å². The molecule has 0 aromatic carbocycles. The first-order chi connectivity index (χ1) is 8.42. The number of rotatable bonds is 6. The van der Waals surface area contributed by atoms with Crippen molar-refractivity contribution in [3.63, 3.8) is 0 Å². The zero-order valence-corrected chi connectivity index (χ0v) is 13.0. The summed E-state index contributed by atoms with van der Waals surface area (Å²) < 4.78 is 11.4. The van der Waals surface area contributed by atoms with E-state index in [9.17, 15) is 0 Å². The highest BCUT2D eigenvalue weighted by atomic mass is 28.1. The van der Waals surface area contributed by atoms with Crippen molar-refractivity contribution in [2.75, 3.05) is 14.2 Å². The molecule has 0 saturated heterocycles. The van der Waals surface area contributed by atoms with Gasteiger partial charge in [0.15, 0.2) is 5.79 Å². The standard InChI is InChI=1S/C15H25O2Si/c1-14(2,18)15(16-3,17-4)8-7-13-10-11-5-6-12(13)9-11/h5-6,11-13H,7-10H2,1-4H3. The Morgan fingerprint density at radius 1 is 1.17 bits per heavy atom. The van der Waals surface area contributed by atoms with Crippen molar-refractivity contribution in [3.8, 4) is 0 Å². The van der Waals surface area contributed by atoms with Crippen molar-refractivity contribution in [1.82, 2.24) is 0 Å². The van der Waals surface area contributed by atoms with E-state index in [-0.39, 0.29) is 5.04 Å². The first kappa shape index (κ1) is 14.3. The average Bonchev–Trinajstić information content (AvgIpc) is 2.91. The zero-order valence-electron chi connectivity index (χ0n) is 12.0. The Morgan fingerprint density at radius 3 is 2.22 bits per heavy atom. The van der Waals surface area contributed by atoms with Crippen LogP contribution >= 0.6 is 0 Å². The molecule has 18 heavy (non-hydrogen) atoms. The van der Waals surface area contributed by atoms with Crippen LogP contribution in [0.15, 0.2) is 12.2 Å². The molecule has 2 bridgehead atoms. The SMILES string of the molecule is COC(CCC1CC2C=CC1C2)(OC)C(C)(C)[Si]. The maximum Gasteiger partial charge on any atom is 0.169 e. The molecule has 2 rings (SSSR count). The summed E-state index contributed by atoms with van der Waals surface area (Å²) in [5.74, 6) is 1.93. The molecule has 0 aromatic rings. The largest absolute Gasteiger partial charge is 0.353 e. The van der Waals surface area contributed by atoms with Crippen LogP contribution in [0.5, 0.6) is 0 Å². The van der Waals surface area contributed by atoms with Gasteiger partial charge >= 0.3 is 0 Å². The molecule has 2 aliphatic rings. The summed E-state index contributed by atoms with van der Waals surface area (Å²) in [5, 5.41) is -0.191. The Labute approximate surface area is 115 Å². The van der Waals surface area contributed by atoms with Gasteiger partial charge in [-0.2, -0.15) is 0 Å². The summed E-state index contributed by atoms with van der Waals surface area (Å²) in [6.45, 7) is 4.22. The van der Waals surface area contributed by atoms with Gasteiger partial charge in [-0.3, -0.25) is 0 Å². The molecule has 0 spiro atoms. The molecular formula is C15H25O2Si. The second kappa shape index (κ2) is 5.10. The number of hydrogen-bond acceptors (Lipinski definition) is 2. The number of fused-ring (bicyclic) bond motifs is 2. The molecule has 0 aromatic heterocycles. The highest BCUT2D eigenvalue weighted by Crippen LogP contribution is 2.48. The van der Waals surface area contributed by atoms with Crippen molar-refractivity contribution in [1.29, 1.82) is 0 Å². The van der Waals surface area contributed by atoms with Crippen LogP contribution in [-0.4, -0.2) is 30.2 Å². The van der Waals surface area contributed by atoms with Crippen LogP contribution in [0.25, 0.3) is 0 Å². The average molecular weight is 265 g/mol. The van der Waals surface area contributed by atoms with Crippen LogP contribution in [0.2, 0.25) is 5.04 Å². The first-order valence-electron chi connectivity index (χ1n) is 6.95. The van der Waals surface area contributed by atoms with E-state index < -0.39 is 5.79 Å². The highest BCUT2D eigenvalue weighted by Gasteiger charge is 2.44. The van der Waals surface area contributed by atoms with E-state index in [2.05, 4.69) is 36.2 Å². The summed E-state index contributed by atoms with van der Waals surface area (Å²) in [4.78, 5) is 0. The predicted octanol–water partition coefficient (Wildman–Crippen LogP) is 3.33. The normalized spacial score (nSPS) is 31.3. The lowest BCUT2D eigenvalue weighted by Gasteiger charge is -2.43. The van der Waals surface area contributed by atoms with Crippen LogP contribution in [0, 0.1) is 17.8 Å². The zero-order chi connectivity index (χ0) is 13.4. The van der Waals surface area contributed by atoms with Crippen molar-refractivity contribution >= 4 is 10.2 Å². The Kier molecular flexibility index (Phi) is 4.05. The maximum absolute atomic E-state index is 5.70. The van der Waals surface area contributed by atoms with Gasteiger partial charge in [-0.25, -0.2) is 0 Å². The van der Waals surface area contributed by atoms with Gasteiger partial charge in [0.2, 0.25) is 0 Å². The number of methoxy groups -OCH3 is 2. The van der Waals surface area contributed by atoms with Crippen LogP contribution in [0.3, 0.4) is 0 Å². The molecule has 3 atom stereocenters. The van der Waals surface area contributed by atoms with Crippen molar-refractivity contribution < 1.29 is 9.47 Å². The Hall–Kier alpha value is -0.123. The van der Waals surface area contributed by atoms with Crippen molar-refractivity contribution in [2.45, 2.75) is 50.4 Å². The Balaban J connectivity index is 1.96. The van der Waals surface area contributed by atoms with Gasteiger partial charge in [0.25, 0.3) is 0 Å². The molecule has 3 unspecified atom stereocenters. The van der Waals surface area contributed by atoms with Crippen molar-refractivity contribution in [3.05, 3.63) is 12.2 Å². The third-order valence-electron chi connectivity index (χ3n) is 4.87. The van der Waals surface area contributed by atoms with E-state index >= 15 is 0 Å². The molecule has 2 nitrogen and oxygen atoms in total. The smallest absolute Gasteiger partial charge is 0.169 e. The van der Waals surface area contributed by atoms with Gasteiger partial charge in [-0.1, -0.05) is 26.0 Å². The summed E-state index contributed by atoms with van der Waals surface area (Å²) in [5.41, 5.74) is 0. The predicted molar refractivity (Wildman–Crippen MR) is 74.6 cm³/mol. The Morgan fingerprint density at radius 2 is 1.83 bits per heavy atom. The van der Waals surface area contributed by atoms with Gasteiger partial charge in [-0.05, 0) is 37.0 Å². The summed E-state index contributed by atoms with van der Waals surface area (Å²) in [7, 11) is 7.25. The summed E-state index contributed by atoms with van der Waals surface area (Å²) >= 11 is 0. The topological polar surface area (TPSA) is 18.5 Å². The second-order valence-corrected chi connectivity index (χ2v) is 7.62.